The zero-order valence-electron chi connectivity index (χ0n) is 11.0. The molecule has 0 saturated carbocycles. The maximum absolute atomic E-state index is 12.3. The third kappa shape index (κ3) is 3.44. The number of aliphatic hydroxyl groups excluding tert-OH is 1. The molecule has 0 bridgehead atoms. The van der Waals surface area contributed by atoms with E-state index in [4.69, 9.17) is 23.2 Å². The Bertz CT molecular complexity index is 489. The van der Waals surface area contributed by atoms with E-state index in [1.165, 1.54) is 0 Å². The summed E-state index contributed by atoms with van der Waals surface area (Å²) in [6.45, 7) is 0.372. The van der Waals surface area contributed by atoms with Crippen LogP contribution in [0.2, 0.25) is 10.0 Å². The summed E-state index contributed by atoms with van der Waals surface area (Å²) in [4.78, 5) is 13.8. The summed E-state index contributed by atoms with van der Waals surface area (Å²) in [5.41, 5.74) is -0.600. The van der Waals surface area contributed by atoms with Crippen LogP contribution in [0.3, 0.4) is 0 Å². The first-order valence-corrected chi connectivity index (χ1v) is 7.25. The molecule has 0 spiro atoms. The normalized spacial score (nSPS) is 22.9. The molecule has 6 heteroatoms. The van der Waals surface area contributed by atoms with Gasteiger partial charge in [-0.2, -0.15) is 0 Å². The van der Waals surface area contributed by atoms with E-state index in [1.807, 2.05) is 0 Å². The van der Waals surface area contributed by atoms with Crippen molar-refractivity contribution in [3.63, 3.8) is 0 Å². The molecule has 1 fully saturated rings. The zero-order chi connectivity index (χ0) is 14.8. The van der Waals surface area contributed by atoms with Gasteiger partial charge in [0.1, 0.15) is 5.60 Å². The van der Waals surface area contributed by atoms with E-state index in [-0.39, 0.29) is 25.5 Å². The van der Waals surface area contributed by atoms with Crippen molar-refractivity contribution in [3.8, 4) is 0 Å². The molecule has 1 heterocycles. The minimum Gasteiger partial charge on any atom is -0.393 e. The van der Waals surface area contributed by atoms with Crippen molar-refractivity contribution in [1.82, 2.24) is 4.90 Å². The van der Waals surface area contributed by atoms with Gasteiger partial charge in [-0.3, -0.25) is 4.79 Å². The lowest BCUT2D eigenvalue weighted by Gasteiger charge is -2.38. The highest BCUT2D eigenvalue weighted by molar-refractivity contribution is 6.36. The van der Waals surface area contributed by atoms with Gasteiger partial charge in [0.2, 0.25) is 5.91 Å². The van der Waals surface area contributed by atoms with Gasteiger partial charge >= 0.3 is 0 Å². The van der Waals surface area contributed by atoms with Crippen molar-refractivity contribution in [2.45, 2.75) is 24.9 Å². The largest absolute Gasteiger partial charge is 0.393 e. The third-order valence-electron chi connectivity index (χ3n) is 3.59. The number of hydrogen-bond acceptors (Lipinski definition) is 3. The first kappa shape index (κ1) is 15.6. The highest BCUT2D eigenvalue weighted by Crippen LogP contribution is 2.26. The van der Waals surface area contributed by atoms with Crippen LogP contribution in [0.25, 0.3) is 0 Å². The summed E-state index contributed by atoms with van der Waals surface area (Å²) in [7, 11) is 0. The first-order chi connectivity index (χ1) is 9.45. The number of amides is 1. The van der Waals surface area contributed by atoms with Crippen LogP contribution in [0, 0.1) is 0 Å². The molecule has 1 aliphatic heterocycles. The SMILES string of the molecule is O=C(Cc1c(Cl)cccc1Cl)N1CCC[C@@](O)(CO)C1. The Morgan fingerprint density at radius 3 is 2.60 bits per heavy atom. The molecular weight excluding hydrogens is 301 g/mol. The Morgan fingerprint density at radius 2 is 2.00 bits per heavy atom. The van der Waals surface area contributed by atoms with Gasteiger partial charge < -0.3 is 15.1 Å². The average molecular weight is 318 g/mol. The van der Waals surface area contributed by atoms with Gasteiger partial charge in [-0.25, -0.2) is 0 Å². The molecule has 1 aromatic rings. The molecular formula is C14H17Cl2NO3. The van der Waals surface area contributed by atoms with E-state index in [0.717, 1.165) is 0 Å². The van der Waals surface area contributed by atoms with Crippen LogP contribution in [0.1, 0.15) is 18.4 Å². The Morgan fingerprint density at radius 1 is 1.35 bits per heavy atom. The number of likely N-dealkylation sites (tertiary alicyclic amines) is 1. The van der Waals surface area contributed by atoms with Crippen LogP contribution in [-0.4, -0.2) is 46.3 Å². The number of halogens is 2. The highest BCUT2D eigenvalue weighted by Gasteiger charge is 2.34. The maximum Gasteiger partial charge on any atom is 0.227 e. The summed E-state index contributed by atoms with van der Waals surface area (Å²) >= 11 is 12.1. The highest BCUT2D eigenvalue weighted by atomic mass is 35.5. The summed E-state index contributed by atoms with van der Waals surface area (Å²) < 4.78 is 0. The van der Waals surface area contributed by atoms with E-state index >= 15 is 0 Å². The number of β-amino-alcohol motifs (C(OH)–C–C–N with tert-alkyl or cyclic N) is 1. The summed E-state index contributed by atoms with van der Waals surface area (Å²) in [5, 5.41) is 20.2. The monoisotopic (exact) mass is 317 g/mol. The number of piperidine rings is 1. The molecule has 2 rings (SSSR count). The van der Waals surface area contributed by atoms with Gasteiger partial charge in [-0.1, -0.05) is 29.3 Å². The molecule has 0 aromatic heterocycles. The molecule has 1 aromatic carbocycles. The lowest BCUT2D eigenvalue weighted by atomic mass is 9.93. The quantitative estimate of drug-likeness (QED) is 0.895. The van der Waals surface area contributed by atoms with Gasteiger partial charge in [-0.05, 0) is 30.5 Å². The molecule has 1 saturated heterocycles. The molecule has 0 radical (unpaired) electrons. The van der Waals surface area contributed by atoms with Crippen LogP contribution in [0.15, 0.2) is 18.2 Å². The molecule has 110 valence electrons. The van der Waals surface area contributed by atoms with Crippen molar-refractivity contribution in [3.05, 3.63) is 33.8 Å². The topological polar surface area (TPSA) is 60.8 Å². The van der Waals surface area contributed by atoms with Gasteiger partial charge in [0.25, 0.3) is 0 Å². The number of carbonyl (C=O) groups is 1. The lowest BCUT2D eigenvalue weighted by molar-refractivity contribution is -0.139. The number of rotatable bonds is 3. The Balaban J connectivity index is 2.09. The number of hydrogen-bond donors (Lipinski definition) is 2. The van der Waals surface area contributed by atoms with Gasteiger partial charge in [0.05, 0.1) is 19.6 Å². The van der Waals surface area contributed by atoms with Crippen LogP contribution < -0.4 is 0 Å². The minimum absolute atomic E-state index is 0.0972. The summed E-state index contributed by atoms with van der Waals surface area (Å²) in [6, 6.07) is 5.11. The second-order valence-corrected chi connectivity index (χ2v) is 5.99. The van der Waals surface area contributed by atoms with Crippen LogP contribution in [0.5, 0.6) is 0 Å². The van der Waals surface area contributed by atoms with E-state index in [0.29, 0.717) is 35.0 Å². The predicted octanol–water partition coefficient (Wildman–Crippen LogP) is 1.88. The number of nitrogens with zero attached hydrogens (tertiary/aromatic N) is 1. The van der Waals surface area contributed by atoms with Crippen molar-refractivity contribution >= 4 is 29.1 Å². The van der Waals surface area contributed by atoms with Crippen molar-refractivity contribution < 1.29 is 15.0 Å². The van der Waals surface area contributed by atoms with Gasteiger partial charge in [0.15, 0.2) is 0 Å². The van der Waals surface area contributed by atoms with Crippen LogP contribution in [-0.2, 0) is 11.2 Å². The number of carbonyl (C=O) groups excluding carboxylic acids is 1. The standard InChI is InChI=1S/C14H17Cl2NO3/c15-11-3-1-4-12(16)10(11)7-13(19)17-6-2-5-14(20,8-17)9-18/h1,3-4,18,20H,2,5-9H2/t14-/m0/s1. The zero-order valence-corrected chi connectivity index (χ0v) is 12.5. The molecule has 2 N–H and O–H groups in total. The van der Waals surface area contributed by atoms with E-state index < -0.39 is 5.60 Å². The second-order valence-electron chi connectivity index (χ2n) is 5.18. The molecule has 0 aliphatic carbocycles. The number of benzene rings is 1. The van der Waals surface area contributed by atoms with E-state index in [2.05, 4.69) is 0 Å². The third-order valence-corrected chi connectivity index (χ3v) is 4.30. The lowest BCUT2D eigenvalue weighted by Crippen LogP contribution is -2.52. The van der Waals surface area contributed by atoms with Crippen LogP contribution in [0.4, 0.5) is 0 Å². The van der Waals surface area contributed by atoms with Crippen molar-refractivity contribution in [1.29, 1.82) is 0 Å². The number of aliphatic hydroxyl groups is 2. The Labute approximate surface area is 127 Å². The molecule has 1 atom stereocenters. The van der Waals surface area contributed by atoms with Gasteiger partial charge in [-0.15, -0.1) is 0 Å². The van der Waals surface area contributed by atoms with E-state index in [9.17, 15) is 15.0 Å². The molecule has 20 heavy (non-hydrogen) atoms. The Hall–Kier alpha value is -0.810. The fourth-order valence-electron chi connectivity index (χ4n) is 2.42. The fraction of sp³-hybridized carbons (Fsp3) is 0.500. The predicted molar refractivity (Wildman–Crippen MR) is 78.0 cm³/mol. The second kappa shape index (κ2) is 6.31. The van der Waals surface area contributed by atoms with Crippen LogP contribution >= 0.6 is 23.2 Å². The summed E-state index contributed by atoms with van der Waals surface area (Å²) in [5.74, 6) is -0.147. The minimum atomic E-state index is -1.20. The average Bonchev–Trinajstić information content (AvgIpc) is 2.43. The summed E-state index contributed by atoms with van der Waals surface area (Å²) in [6.07, 6.45) is 1.26. The molecule has 1 amide bonds. The molecule has 4 nitrogen and oxygen atoms in total. The van der Waals surface area contributed by atoms with Crippen molar-refractivity contribution in [2.24, 2.45) is 0 Å². The molecule has 1 aliphatic rings. The Kier molecular flexibility index (Phi) is 4.91. The first-order valence-electron chi connectivity index (χ1n) is 6.49. The smallest absolute Gasteiger partial charge is 0.227 e. The van der Waals surface area contributed by atoms with Crippen molar-refractivity contribution in [2.75, 3.05) is 19.7 Å². The maximum atomic E-state index is 12.3. The molecule has 0 unspecified atom stereocenters. The van der Waals surface area contributed by atoms with Gasteiger partial charge in [0, 0.05) is 16.6 Å². The van der Waals surface area contributed by atoms with E-state index in [1.54, 1.807) is 23.1 Å². The fourth-order valence-corrected chi connectivity index (χ4v) is 2.95.